The fraction of sp³-hybridized carbons (Fsp3) is 0.900. The Hall–Kier alpha value is -0.750. The van der Waals surface area contributed by atoms with Crippen molar-refractivity contribution in [2.75, 3.05) is 32.7 Å². The van der Waals surface area contributed by atoms with E-state index in [1.807, 2.05) is 11.8 Å². The van der Waals surface area contributed by atoms with Crippen LogP contribution in [-0.2, 0) is 4.79 Å². The Morgan fingerprint density at radius 2 is 1.88 bits per heavy atom. The van der Waals surface area contributed by atoms with Gasteiger partial charge in [0.2, 0.25) is 0 Å². The summed E-state index contributed by atoms with van der Waals surface area (Å²) in [6.07, 6.45) is -1.77. The topological polar surface area (TPSA) is 43.8 Å². The van der Waals surface area contributed by atoms with E-state index in [0.717, 1.165) is 0 Å². The van der Waals surface area contributed by atoms with Gasteiger partial charge in [-0.3, -0.25) is 14.6 Å². The molecule has 1 N–H and O–H groups in total. The van der Waals surface area contributed by atoms with Crippen molar-refractivity contribution in [2.45, 2.75) is 25.8 Å². The van der Waals surface area contributed by atoms with E-state index in [2.05, 4.69) is 0 Å². The molecular weight excluding hydrogens is 218 g/mol. The summed E-state index contributed by atoms with van der Waals surface area (Å²) < 4.78 is 24.2. The maximum atomic E-state index is 12.1. The minimum Gasteiger partial charge on any atom is -0.480 e. The SMILES string of the molecule is CCC(C(=O)O)N1CCN(CC(F)F)CC1. The lowest BCUT2D eigenvalue weighted by atomic mass is 10.1. The first kappa shape index (κ1) is 13.3. The highest BCUT2D eigenvalue weighted by molar-refractivity contribution is 5.73. The molecule has 1 rings (SSSR count). The molecule has 0 aliphatic carbocycles. The first-order valence-corrected chi connectivity index (χ1v) is 5.52. The Balaban J connectivity index is 2.38. The summed E-state index contributed by atoms with van der Waals surface area (Å²) in [6.45, 7) is 3.76. The van der Waals surface area contributed by atoms with Gasteiger partial charge in [-0.25, -0.2) is 8.78 Å². The summed E-state index contributed by atoms with van der Waals surface area (Å²) in [5, 5.41) is 8.96. The van der Waals surface area contributed by atoms with E-state index in [1.54, 1.807) is 4.90 Å². The monoisotopic (exact) mass is 236 g/mol. The number of hydrogen-bond acceptors (Lipinski definition) is 3. The zero-order valence-electron chi connectivity index (χ0n) is 9.40. The van der Waals surface area contributed by atoms with Crippen molar-refractivity contribution in [3.8, 4) is 0 Å². The van der Waals surface area contributed by atoms with Gasteiger partial charge in [0.25, 0.3) is 6.43 Å². The Morgan fingerprint density at radius 3 is 2.25 bits per heavy atom. The first-order valence-electron chi connectivity index (χ1n) is 5.52. The minimum absolute atomic E-state index is 0.211. The molecule has 1 atom stereocenters. The van der Waals surface area contributed by atoms with Crippen molar-refractivity contribution in [1.82, 2.24) is 9.80 Å². The second-order valence-corrected chi connectivity index (χ2v) is 3.99. The smallest absolute Gasteiger partial charge is 0.320 e. The quantitative estimate of drug-likeness (QED) is 0.764. The van der Waals surface area contributed by atoms with Crippen LogP contribution < -0.4 is 0 Å². The Kier molecular flexibility index (Phi) is 5.08. The van der Waals surface area contributed by atoms with Crippen molar-refractivity contribution in [1.29, 1.82) is 0 Å². The molecule has 0 bridgehead atoms. The van der Waals surface area contributed by atoms with E-state index in [9.17, 15) is 13.6 Å². The van der Waals surface area contributed by atoms with Gasteiger partial charge in [0.15, 0.2) is 0 Å². The molecule has 0 aromatic carbocycles. The van der Waals surface area contributed by atoms with Crippen molar-refractivity contribution in [2.24, 2.45) is 0 Å². The molecular formula is C10H18F2N2O2. The normalized spacial score (nSPS) is 21.2. The molecule has 0 spiro atoms. The van der Waals surface area contributed by atoms with Crippen LogP contribution in [-0.4, -0.2) is 66.1 Å². The molecule has 1 aliphatic rings. The van der Waals surface area contributed by atoms with Crippen LogP contribution in [0.5, 0.6) is 0 Å². The van der Waals surface area contributed by atoms with Gasteiger partial charge in [-0.15, -0.1) is 0 Å². The molecule has 4 nitrogen and oxygen atoms in total. The number of carbonyl (C=O) groups is 1. The summed E-state index contributed by atoms with van der Waals surface area (Å²) in [5.41, 5.74) is 0. The fourth-order valence-corrected chi connectivity index (χ4v) is 2.04. The average Bonchev–Trinajstić information content (AvgIpc) is 2.20. The molecule has 0 aromatic heterocycles. The molecule has 6 heteroatoms. The molecule has 0 amide bonds. The van der Waals surface area contributed by atoms with Crippen molar-refractivity contribution >= 4 is 5.97 Å². The van der Waals surface area contributed by atoms with Crippen molar-refractivity contribution in [3.05, 3.63) is 0 Å². The van der Waals surface area contributed by atoms with E-state index in [0.29, 0.717) is 32.6 Å². The molecule has 16 heavy (non-hydrogen) atoms. The van der Waals surface area contributed by atoms with Crippen LogP contribution in [0, 0.1) is 0 Å². The van der Waals surface area contributed by atoms with Gasteiger partial charge in [-0.1, -0.05) is 6.92 Å². The first-order chi connectivity index (χ1) is 7.54. The molecule has 1 heterocycles. The predicted molar refractivity (Wildman–Crippen MR) is 55.7 cm³/mol. The molecule has 1 unspecified atom stereocenters. The minimum atomic E-state index is -2.31. The van der Waals surface area contributed by atoms with Gasteiger partial charge < -0.3 is 5.11 Å². The molecule has 0 saturated carbocycles. The van der Waals surface area contributed by atoms with Crippen LogP contribution in [0.3, 0.4) is 0 Å². The standard InChI is InChI=1S/C10H18F2N2O2/c1-2-8(10(15)16)14-5-3-13(4-6-14)7-9(11)12/h8-9H,2-7H2,1H3,(H,15,16). The van der Waals surface area contributed by atoms with E-state index in [4.69, 9.17) is 5.11 Å². The number of carboxylic acids is 1. The largest absolute Gasteiger partial charge is 0.480 e. The summed E-state index contributed by atoms with van der Waals surface area (Å²) >= 11 is 0. The van der Waals surface area contributed by atoms with Crippen LogP contribution in [0.1, 0.15) is 13.3 Å². The van der Waals surface area contributed by atoms with Crippen LogP contribution in [0.2, 0.25) is 0 Å². The van der Waals surface area contributed by atoms with Crippen LogP contribution in [0.4, 0.5) is 8.78 Å². The maximum absolute atomic E-state index is 12.1. The number of piperazine rings is 1. The maximum Gasteiger partial charge on any atom is 0.320 e. The summed E-state index contributed by atoms with van der Waals surface area (Å²) in [6, 6.07) is -0.478. The Morgan fingerprint density at radius 1 is 1.31 bits per heavy atom. The third-order valence-corrected chi connectivity index (χ3v) is 2.92. The van der Waals surface area contributed by atoms with E-state index in [1.165, 1.54) is 0 Å². The predicted octanol–water partition coefficient (Wildman–Crippen LogP) is 0.732. The van der Waals surface area contributed by atoms with Crippen LogP contribution in [0.15, 0.2) is 0 Å². The van der Waals surface area contributed by atoms with Gasteiger partial charge in [-0.05, 0) is 6.42 Å². The number of nitrogens with zero attached hydrogens (tertiary/aromatic N) is 2. The summed E-state index contributed by atoms with van der Waals surface area (Å²) in [5.74, 6) is -0.829. The van der Waals surface area contributed by atoms with Crippen LogP contribution >= 0.6 is 0 Å². The highest BCUT2D eigenvalue weighted by atomic mass is 19.3. The van der Waals surface area contributed by atoms with E-state index < -0.39 is 18.4 Å². The zero-order chi connectivity index (χ0) is 12.1. The third kappa shape index (κ3) is 3.68. The fourth-order valence-electron chi connectivity index (χ4n) is 2.04. The lowest BCUT2D eigenvalue weighted by Gasteiger charge is -2.37. The molecule has 94 valence electrons. The van der Waals surface area contributed by atoms with Crippen LogP contribution in [0.25, 0.3) is 0 Å². The second kappa shape index (κ2) is 6.10. The number of aliphatic carboxylic acids is 1. The highest BCUT2D eigenvalue weighted by Gasteiger charge is 2.27. The van der Waals surface area contributed by atoms with Gasteiger partial charge in [0.1, 0.15) is 6.04 Å². The Labute approximate surface area is 93.8 Å². The zero-order valence-corrected chi connectivity index (χ0v) is 9.40. The van der Waals surface area contributed by atoms with E-state index >= 15 is 0 Å². The number of carboxylic acid groups (broad SMARTS) is 1. The molecule has 0 radical (unpaired) electrons. The summed E-state index contributed by atoms with van der Waals surface area (Å²) in [7, 11) is 0. The number of hydrogen-bond donors (Lipinski definition) is 1. The second-order valence-electron chi connectivity index (χ2n) is 3.99. The van der Waals surface area contributed by atoms with Gasteiger partial charge in [0, 0.05) is 26.2 Å². The van der Waals surface area contributed by atoms with Gasteiger partial charge in [0.05, 0.1) is 6.54 Å². The lowest BCUT2D eigenvalue weighted by molar-refractivity contribution is -0.144. The number of rotatable bonds is 5. The summed E-state index contributed by atoms with van der Waals surface area (Å²) in [4.78, 5) is 14.4. The van der Waals surface area contributed by atoms with Gasteiger partial charge in [-0.2, -0.15) is 0 Å². The van der Waals surface area contributed by atoms with Crippen molar-refractivity contribution < 1.29 is 18.7 Å². The molecule has 1 saturated heterocycles. The molecule has 0 aromatic rings. The highest BCUT2D eigenvalue weighted by Crippen LogP contribution is 2.10. The molecule has 1 aliphatic heterocycles. The molecule has 1 fully saturated rings. The van der Waals surface area contributed by atoms with Gasteiger partial charge >= 0.3 is 5.97 Å². The van der Waals surface area contributed by atoms with Crippen molar-refractivity contribution in [3.63, 3.8) is 0 Å². The Bertz CT molecular complexity index is 231. The third-order valence-electron chi connectivity index (χ3n) is 2.92. The number of alkyl halides is 2. The average molecular weight is 236 g/mol. The number of halogens is 2. The lowest BCUT2D eigenvalue weighted by Crippen LogP contribution is -2.53. The van der Waals surface area contributed by atoms with E-state index in [-0.39, 0.29) is 6.54 Å².